The first-order valence-corrected chi connectivity index (χ1v) is 12.3. The fraction of sp³-hybridized carbons (Fsp3) is 0.741. The average molecular weight is 451 g/mol. The van der Waals surface area contributed by atoms with Gasteiger partial charge in [0.2, 0.25) is 0 Å². The first kappa shape index (κ1) is 28.6. The van der Waals surface area contributed by atoms with Gasteiger partial charge in [0.1, 0.15) is 6.61 Å². The molecule has 2 aliphatic rings. The molecule has 2 fully saturated rings. The van der Waals surface area contributed by atoms with Crippen LogP contribution in [0.2, 0.25) is 0 Å². The molecule has 0 amide bonds. The number of esters is 1. The van der Waals surface area contributed by atoms with Crippen LogP contribution in [0.1, 0.15) is 98.8 Å². The minimum atomic E-state index is -0.223. The van der Waals surface area contributed by atoms with Gasteiger partial charge in [-0.2, -0.15) is 0 Å². The summed E-state index contributed by atoms with van der Waals surface area (Å²) in [5, 5.41) is 0. The largest absolute Gasteiger partial charge is 0.462 e. The van der Waals surface area contributed by atoms with Crippen molar-refractivity contribution < 1.29 is 23.7 Å². The zero-order chi connectivity index (χ0) is 23.6. The van der Waals surface area contributed by atoms with Crippen molar-refractivity contribution in [2.45, 2.75) is 111 Å². The van der Waals surface area contributed by atoms with Crippen LogP contribution in [0.4, 0.5) is 0 Å². The highest BCUT2D eigenvalue weighted by atomic mass is 16.8. The van der Waals surface area contributed by atoms with Crippen LogP contribution in [0.25, 0.3) is 0 Å². The summed E-state index contributed by atoms with van der Waals surface area (Å²) in [5.41, 5.74) is 4.11. The van der Waals surface area contributed by atoms with Crippen LogP contribution in [0.15, 0.2) is 34.9 Å². The quantitative estimate of drug-likeness (QED) is 0.264. The van der Waals surface area contributed by atoms with Crippen molar-refractivity contribution in [2.24, 2.45) is 0 Å². The number of rotatable bonds is 10. The van der Waals surface area contributed by atoms with Crippen molar-refractivity contribution in [2.75, 3.05) is 19.8 Å². The number of hydrogen-bond donors (Lipinski definition) is 0. The Morgan fingerprint density at radius 2 is 1.31 bits per heavy atom. The summed E-state index contributed by atoms with van der Waals surface area (Å²) in [5.74, 6) is -0.223. The normalized spacial score (nSPS) is 21.9. The van der Waals surface area contributed by atoms with Crippen molar-refractivity contribution >= 4 is 5.97 Å². The summed E-state index contributed by atoms with van der Waals surface area (Å²) in [7, 11) is 0. The molecule has 0 N–H and O–H groups in total. The summed E-state index contributed by atoms with van der Waals surface area (Å²) < 4.78 is 21.5. The Kier molecular flexibility index (Phi) is 16.1. The lowest BCUT2D eigenvalue weighted by Crippen LogP contribution is -2.31. The minimum absolute atomic E-state index is 0.00292. The maximum Gasteiger partial charge on any atom is 0.302 e. The van der Waals surface area contributed by atoms with Gasteiger partial charge in [-0.1, -0.05) is 28.9 Å². The molecule has 0 radical (unpaired) electrons. The molecule has 2 unspecified atom stereocenters. The molecule has 0 spiro atoms. The average Bonchev–Trinajstić information content (AvgIpc) is 2.75. The lowest BCUT2D eigenvalue weighted by atomic mass is 10.1. The van der Waals surface area contributed by atoms with E-state index in [1.807, 2.05) is 6.08 Å². The fourth-order valence-electron chi connectivity index (χ4n) is 3.45. The Labute approximate surface area is 196 Å². The highest BCUT2D eigenvalue weighted by Crippen LogP contribution is 2.20. The predicted molar refractivity (Wildman–Crippen MR) is 130 cm³/mol. The van der Waals surface area contributed by atoms with Gasteiger partial charge in [0, 0.05) is 20.1 Å². The molecule has 2 rings (SSSR count). The SMILES string of the molecule is C1CCC(OC2CCCCO2)OC1.CC(=O)OCC=C(C)CCC=C(C)CCC=C(C)C. The van der Waals surface area contributed by atoms with E-state index in [4.69, 9.17) is 18.9 Å². The molecular weight excluding hydrogens is 404 g/mol. The van der Waals surface area contributed by atoms with E-state index in [1.165, 1.54) is 49.3 Å². The molecule has 0 bridgehead atoms. The van der Waals surface area contributed by atoms with Crippen LogP contribution >= 0.6 is 0 Å². The molecule has 2 heterocycles. The Hall–Kier alpha value is -1.43. The summed E-state index contributed by atoms with van der Waals surface area (Å²) in [6.45, 7) is 12.1. The van der Waals surface area contributed by atoms with Gasteiger partial charge in [0.05, 0.1) is 0 Å². The number of carbonyl (C=O) groups is 1. The molecule has 5 heteroatoms. The third-order valence-corrected chi connectivity index (χ3v) is 5.42. The van der Waals surface area contributed by atoms with E-state index in [0.29, 0.717) is 6.61 Å². The molecule has 0 aromatic heterocycles. The van der Waals surface area contributed by atoms with Gasteiger partial charge < -0.3 is 18.9 Å². The van der Waals surface area contributed by atoms with Crippen LogP contribution in [0.3, 0.4) is 0 Å². The van der Waals surface area contributed by atoms with E-state index in [9.17, 15) is 4.79 Å². The van der Waals surface area contributed by atoms with Crippen molar-refractivity contribution in [3.63, 3.8) is 0 Å². The van der Waals surface area contributed by atoms with Gasteiger partial charge in [-0.25, -0.2) is 0 Å². The smallest absolute Gasteiger partial charge is 0.302 e. The summed E-state index contributed by atoms with van der Waals surface area (Å²) in [4.78, 5) is 10.6. The van der Waals surface area contributed by atoms with Gasteiger partial charge in [-0.3, -0.25) is 4.79 Å². The van der Waals surface area contributed by atoms with Crippen LogP contribution in [0, 0.1) is 0 Å². The maximum absolute atomic E-state index is 10.6. The highest BCUT2D eigenvalue weighted by molar-refractivity contribution is 5.66. The summed E-state index contributed by atoms with van der Waals surface area (Å²) in [6.07, 6.45) is 17.8. The second-order valence-electron chi connectivity index (χ2n) is 8.99. The molecular formula is C27H46O5. The number of allylic oxidation sites excluding steroid dienone is 5. The van der Waals surface area contributed by atoms with E-state index in [2.05, 4.69) is 39.8 Å². The van der Waals surface area contributed by atoms with E-state index in [-0.39, 0.29) is 18.5 Å². The summed E-state index contributed by atoms with van der Waals surface area (Å²) >= 11 is 0. The molecule has 184 valence electrons. The first-order chi connectivity index (χ1) is 15.4. The zero-order valence-electron chi connectivity index (χ0n) is 21.1. The predicted octanol–water partition coefficient (Wildman–Crippen LogP) is 7.02. The molecule has 32 heavy (non-hydrogen) atoms. The molecule has 0 saturated carbocycles. The van der Waals surface area contributed by atoms with E-state index in [1.54, 1.807) is 0 Å². The van der Waals surface area contributed by atoms with Crippen LogP contribution in [0.5, 0.6) is 0 Å². The molecule has 2 atom stereocenters. The lowest BCUT2D eigenvalue weighted by Gasteiger charge is -2.29. The Morgan fingerprint density at radius 1 is 0.781 bits per heavy atom. The minimum Gasteiger partial charge on any atom is -0.462 e. The van der Waals surface area contributed by atoms with E-state index >= 15 is 0 Å². The molecule has 2 aliphatic heterocycles. The topological polar surface area (TPSA) is 54.0 Å². The van der Waals surface area contributed by atoms with Gasteiger partial charge in [0.25, 0.3) is 0 Å². The number of hydrogen-bond acceptors (Lipinski definition) is 5. The monoisotopic (exact) mass is 450 g/mol. The zero-order valence-corrected chi connectivity index (χ0v) is 21.1. The van der Waals surface area contributed by atoms with Crippen molar-refractivity contribution in [3.05, 3.63) is 34.9 Å². The van der Waals surface area contributed by atoms with E-state index < -0.39 is 0 Å². The van der Waals surface area contributed by atoms with Crippen molar-refractivity contribution in [1.82, 2.24) is 0 Å². The van der Waals surface area contributed by atoms with Gasteiger partial charge >= 0.3 is 5.97 Å². The Balaban J connectivity index is 0.000000339. The molecule has 0 aromatic carbocycles. The molecule has 5 nitrogen and oxygen atoms in total. The third-order valence-electron chi connectivity index (χ3n) is 5.42. The molecule has 0 aliphatic carbocycles. The van der Waals surface area contributed by atoms with Crippen molar-refractivity contribution in [1.29, 1.82) is 0 Å². The number of ether oxygens (including phenoxy) is 4. The Morgan fingerprint density at radius 3 is 1.78 bits per heavy atom. The first-order valence-electron chi connectivity index (χ1n) is 12.3. The summed E-state index contributed by atoms with van der Waals surface area (Å²) in [6, 6.07) is 0. The second kappa shape index (κ2) is 18.0. The van der Waals surface area contributed by atoms with Gasteiger partial charge in [-0.15, -0.1) is 0 Å². The van der Waals surface area contributed by atoms with Gasteiger partial charge in [0.15, 0.2) is 12.6 Å². The molecule has 2 saturated heterocycles. The van der Waals surface area contributed by atoms with Gasteiger partial charge in [-0.05, 0) is 98.0 Å². The van der Waals surface area contributed by atoms with Crippen LogP contribution in [-0.2, 0) is 23.7 Å². The van der Waals surface area contributed by atoms with Crippen LogP contribution in [-0.4, -0.2) is 38.4 Å². The van der Waals surface area contributed by atoms with Crippen molar-refractivity contribution in [3.8, 4) is 0 Å². The van der Waals surface area contributed by atoms with Crippen LogP contribution < -0.4 is 0 Å². The lowest BCUT2D eigenvalue weighted by molar-refractivity contribution is -0.264. The Bertz CT molecular complexity index is 573. The highest BCUT2D eigenvalue weighted by Gasteiger charge is 2.21. The number of carbonyl (C=O) groups excluding carboxylic acids is 1. The second-order valence-corrected chi connectivity index (χ2v) is 8.99. The molecule has 0 aromatic rings. The standard InChI is InChI=1S/C17H28O2.C10H18O3/c1-14(2)8-6-9-15(3)10-7-11-16(4)12-13-19-17(5)18;1-3-7-11-9(5-1)13-10-6-2-4-8-12-10/h8,10,12H,6-7,9,11,13H2,1-5H3;9-10H,1-8H2. The maximum atomic E-state index is 10.6. The third kappa shape index (κ3) is 16.2. The fourth-order valence-corrected chi connectivity index (χ4v) is 3.45. The van der Waals surface area contributed by atoms with E-state index in [0.717, 1.165) is 51.7 Å².